The van der Waals surface area contributed by atoms with Gasteiger partial charge in [-0.1, -0.05) is 38.2 Å². The molecule has 4 heterocycles. The zero-order chi connectivity index (χ0) is 25.5. The number of carbonyl (C=O) groups excluding carboxylic acids is 3. The highest BCUT2D eigenvalue weighted by atomic mass is 32.2. The van der Waals surface area contributed by atoms with Gasteiger partial charge in [-0.3, -0.25) is 14.4 Å². The smallest absolute Gasteiger partial charge is 0.311 e. The van der Waals surface area contributed by atoms with E-state index in [4.69, 9.17) is 4.74 Å². The van der Waals surface area contributed by atoms with Gasteiger partial charge in [-0.05, 0) is 52.4 Å². The lowest BCUT2D eigenvalue weighted by Crippen LogP contribution is -2.59. The number of hydrogen-bond acceptors (Lipinski definition) is 6. The summed E-state index contributed by atoms with van der Waals surface area (Å²) in [5.74, 6) is -1.83. The third kappa shape index (κ3) is 4.57. The number of cyclic esters (lactones) is 1. The second kappa shape index (κ2) is 9.92. The van der Waals surface area contributed by atoms with Crippen LogP contribution in [-0.2, 0) is 19.1 Å². The molecule has 1 unspecified atom stereocenters. The second-order valence-electron chi connectivity index (χ2n) is 11.7. The Labute approximate surface area is 213 Å². The summed E-state index contributed by atoms with van der Waals surface area (Å²) >= 11 is 1.56. The molecule has 2 amide bonds. The normalized spacial score (nSPS) is 35.3. The standard InChI is InChI=1S/C27H40N2O5S/c1-17(2)15-18(16-30)29-22-24(32)28(26(3,4)5)13-10-12-27(22)21(23(29)31)20-19(35-27)11-8-6-7-9-14-34-25(20)33/h8,10-12,17-22,30H,6-7,9,13-16H2,1-5H3/b11-8-/t18-,19+,20-,21+,22?,27+/m1/s1. The number of aliphatic hydroxyl groups excluding tert-OH is 1. The van der Waals surface area contributed by atoms with E-state index in [1.54, 1.807) is 16.7 Å². The number of carbonyl (C=O) groups is 3. The molecule has 35 heavy (non-hydrogen) atoms. The lowest BCUT2D eigenvalue weighted by molar-refractivity contribution is -0.154. The van der Waals surface area contributed by atoms with Crippen LogP contribution in [0.5, 0.6) is 0 Å². The summed E-state index contributed by atoms with van der Waals surface area (Å²) in [6.45, 7) is 10.6. The van der Waals surface area contributed by atoms with E-state index < -0.39 is 34.2 Å². The Bertz CT molecular complexity index is 910. The van der Waals surface area contributed by atoms with E-state index in [9.17, 15) is 19.5 Å². The third-order valence-electron chi connectivity index (χ3n) is 7.70. The van der Waals surface area contributed by atoms with E-state index in [0.717, 1.165) is 19.3 Å². The van der Waals surface area contributed by atoms with Crippen LogP contribution in [0.2, 0.25) is 0 Å². The SMILES string of the molecule is CC(C)C[C@H](CO)N1C(=O)[C@@H]2[C@@H]3C(=O)OCCCC/C=C\[C@@H]3S[C@@]23C=CCN(C(C)(C)C)C(=O)C13. The van der Waals surface area contributed by atoms with Crippen molar-refractivity contribution in [2.75, 3.05) is 19.8 Å². The molecule has 1 spiro atoms. The first-order chi connectivity index (χ1) is 16.5. The fraction of sp³-hybridized carbons (Fsp3) is 0.741. The maximum atomic E-state index is 14.3. The highest BCUT2D eigenvalue weighted by Gasteiger charge is 2.72. The fourth-order valence-corrected chi connectivity index (χ4v) is 8.16. The number of allylic oxidation sites excluding steroid dienone is 1. The summed E-state index contributed by atoms with van der Waals surface area (Å²) < 4.78 is 4.78. The van der Waals surface area contributed by atoms with Crippen LogP contribution < -0.4 is 0 Å². The average Bonchev–Trinajstić information content (AvgIpc) is 3.16. The van der Waals surface area contributed by atoms with Crippen LogP contribution in [0, 0.1) is 17.8 Å². The Balaban J connectivity index is 1.86. The number of ether oxygens (including phenoxy) is 1. The monoisotopic (exact) mass is 504 g/mol. The lowest BCUT2D eigenvalue weighted by Gasteiger charge is -2.42. The number of nitrogens with zero attached hydrogens (tertiary/aromatic N) is 2. The van der Waals surface area contributed by atoms with Crippen molar-refractivity contribution in [3.63, 3.8) is 0 Å². The number of aliphatic hydroxyl groups is 1. The summed E-state index contributed by atoms with van der Waals surface area (Å²) in [5.41, 5.74) is -0.438. The minimum Gasteiger partial charge on any atom is -0.465 e. The number of likely N-dealkylation sites (tertiary alicyclic amines) is 1. The van der Waals surface area contributed by atoms with Crippen LogP contribution in [0.1, 0.15) is 60.3 Å². The van der Waals surface area contributed by atoms with Gasteiger partial charge in [-0.25, -0.2) is 0 Å². The predicted octanol–water partition coefficient (Wildman–Crippen LogP) is 3.17. The van der Waals surface area contributed by atoms with E-state index in [1.165, 1.54) is 0 Å². The van der Waals surface area contributed by atoms with Crippen LogP contribution >= 0.6 is 11.8 Å². The molecule has 4 aliphatic heterocycles. The number of fused-ring (bicyclic) bond motifs is 2. The summed E-state index contributed by atoms with van der Waals surface area (Å²) in [6, 6.07) is -1.27. The van der Waals surface area contributed by atoms with Crippen molar-refractivity contribution in [1.82, 2.24) is 9.80 Å². The van der Waals surface area contributed by atoms with Gasteiger partial charge in [0.15, 0.2) is 0 Å². The molecule has 2 saturated heterocycles. The number of hydrogen-bond donors (Lipinski definition) is 1. The molecule has 0 radical (unpaired) electrons. The molecular formula is C27H40N2O5S. The molecule has 7 nitrogen and oxygen atoms in total. The van der Waals surface area contributed by atoms with Gasteiger partial charge in [0.25, 0.3) is 0 Å². The molecule has 6 atom stereocenters. The second-order valence-corrected chi connectivity index (χ2v) is 13.2. The Kier molecular flexibility index (Phi) is 7.45. The van der Waals surface area contributed by atoms with Gasteiger partial charge in [0.2, 0.25) is 11.8 Å². The zero-order valence-corrected chi connectivity index (χ0v) is 22.4. The number of amides is 2. The molecule has 0 aromatic heterocycles. The Hall–Kier alpha value is -1.80. The van der Waals surface area contributed by atoms with Gasteiger partial charge < -0.3 is 19.6 Å². The predicted molar refractivity (Wildman–Crippen MR) is 137 cm³/mol. The van der Waals surface area contributed by atoms with E-state index in [2.05, 4.69) is 6.08 Å². The quantitative estimate of drug-likeness (QED) is 0.468. The molecule has 0 saturated carbocycles. The molecule has 0 aromatic carbocycles. The van der Waals surface area contributed by atoms with E-state index in [1.807, 2.05) is 57.7 Å². The number of thioether (sulfide) groups is 1. The van der Waals surface area contributed by atoms with E-state index in [-0.39, 0.29) is 35.6 Å². The fourth-order valence-electron chi connectivity index (χ4n) is 6.17. The van der Waals surface area contributed by atoms with Gasteiger partial charge >= 0.3 is 5.97 Å². The molecule has 2 fully saturated rings. The van der Waals surface area contributed by atoms with Crippen molar-refractivity contribution in [3.05, 3.63) is 24.3 Å². The summed E-state index contributed by atoms with van der Waals surface area (Å²) in [4.78, 5) is 45.4. The number of esters is 1. The minimum absolute atomic E-state index is 0.117. The summed E-state index contributed by atoms with van der Waals surface area (Å²) in [7, 11) is 0. The van der Waals surface area contributed by atoms with E-state index in [0.29, 0.717) is 19.6 Å². The Morgan fingerprint density at radius 1 is 1.17 bits per heavy atom. The highest BCUT2D eigenvalue weighted by Crippen LogP contribution is 2.61. The van der Waals surface area contributed by atoms with Crippen LogP contribution in [0.25, 0.3) is 0 Å². The van der Waals surface area contributed by atoms with Gasteiger partial charge in [-0.2, -0.15) is 0 Å². The van der Waals surface area contributed by atoms with Crippen molar-refractivity contribution in [2.45, 2.75) is 87.9 Å². The van der Waals surface area contributed by atoms with Crippen LogP contribution in [0.4, 0.5) is 0 Å². The van der Waals surface area contributed by atoms with Gasteiger partial charge in [0, 0.05) is 17.3 Å². The van der Waals surface area contributed by atoms with Gasteiger partial charge in [0.1, 0.15) is 6.04 Å². The van der Waals surface area contributed by atoms with Gasteiger partial charge in [-0.15, -0.1) is 11.8 Å². The average molecular weight is 505 g/mol. The van der Waals surface area contributed by atoms with Crippen molar-refractivity contribution in [2.24, 2.45) is 17.8 Å². The van der Waals surface area contributed by atoms with Crippen LogP contribution in [-0.4, -0.2) is 80.1 Å². The molecule has 0 aromatic rings. The summed E-state index contributed by atoms with van der Waals surface area (Å²) in [6.07, 6.45) is 11.4. The van der Waals surface area contributed by atoms with E-state index >= 15 is 0 Å². The first-order valence-corrected chi connectivity index (χ1v) is 13.8. The first kappa shape index (κ1) is 26.3. The van der Waals surface area contributed by atoms with Crippen molar-refractivity contribution in [3.8, 4) is 0 Å². The third-order valence-corrected chi connectivity index (χ3v) is 9.44. The van der Waals surface area contributed by atoms with Crippen molar-refractivity contribution in [1.29, 1.82) is 0 Å². The van der Waals surface area contributed by atoms with Crippen LogP contribution in [0.15, 0.2) is 24.3 Å². The zero-order valence-electron chi connectivity index (χ0n) is 21.6. The maximum absolute atomic E-state index is 14.3. The number of rotatable bonds is 4. The Morgan fingerprint density at radius 3 is 2.57 bits per heavy atom. The molecule has 0 bridgehead atoms. The molecule has 1 N–H and O–H groups in total. The molecule has 0 aliphatic carbocycles. The highest BCUT2D eigenvalue weighted by molar-refractivity contribution is 8.02. The summed E-state index contributed by atoms with van der Waals surface area (Å²) in [5, 5.41) is 10.1. The first-order valence-electron chi connectivity index (χ1n) is 13.0. The topological polar surface area (TPSA) is 87.2 Å². The molecule has 4 rings (SSSR count). The maximum Gasteiger partial charge on any atom is 0.311 e. The molecular weight excluding hydrogens is 464 g/mol. The Morgan fingerprint density at radius 2 is 1.91 bits per heavy atom. The molecule has 8 heteroatoms. The molecule has 4 aliphatic rings. The van der Waals surface area contributed by atoms with Gasteiger partial charge in [0.05, 0.1) is 35.8 Å². The molecule has 194 valence electrons. The van der Waals surface area contributed by atoms with Crippen molar-refractivity contribution >= 4 is 29.5 Å². The van der Waals surface area contributed by atoms with Crippen molar-refractivity contribution < 1.29 is 24.2 Å². The lowest BCUT2D eigenvalue weighted by atomic mass is 9.78. The minimum atomic E-state index is -0.884. The largest absolute Gasteiger partial charge is 0.465 e. The van der Waals surface area contributed by atoms with Crippen LogP contribution in [0.3, 0.4) is 0 Å².